The van der Waals surface area contributed by atoms with E-state index >= 15 is 0 Å². The Kier molecular flexibility index (Phi) is 10.4. The fourth-order valence-electron chi connectivity index (χ4n) is 3.20. The van der Waals surface area contributed by atoms with Crippen LogP contribution in [0.5, 0.6) is 0 Å². The third-order valence-electron chi connectivity index (χ3n) is 4.76. The number of unbranched alkanes of at least 4 members (excludes halogenated alkanes) is 1. The quantitative estimate of drug-likeness (QED) is 0.247. The number of nitrogens with zero attached hydrogens (tertiary/aromatic N) is 3. The van der Waals surface area contributed by atoms with Gasteiger partial charge in [0.05, 0.1) is 18.6 Å². The molecule has 2 rings (SSSR count). The minimum Gasteiger partial charge on any atom is -0.450 e. The molecule has 1 heterocycles. The van der Waals surface area contributed by atoms with E-state index in [1.165, 1.54) is 0 Å². The van der Waals surface area contributed by atoms with E-state index in [0.29, 0.717) is 48.5 Å². The molecule has 8 heteroatoms. The van der Waals surface area contributed by atoms with Gasteiger partial charge in [0.25, 0.3) is 0 Å². The van der Waals surface area contributed by atoms with Gasteiger partial charge in [-0.3, -0.25) is 0 Å². The van der Waals surface area contributed by atoms with Crippen LogP contribution in [0.4, 0.5) is 10.6 Å². The number of aliphatic imine (C=N–C) groups is 1. The molecule has 0 spiro atoms. The maximum Gasteiger partial charge on any atom is 0.407 e. The van der Waals surface area contributed by atoms with E-state index in [0.717, 1.165) is 23.1 Å². The average molecular weight is 470 g/mol. The first-order valence-corrected chi connectivity index (χ1v) is 11.2. The van der Waals surface area contributed by atoms with E-state index in [9.17, 15) is 4.79 Å². The lowest BCUT2D eigenvalue weighted by Gasteiger charge is -2.10. The molecular formula is C25H32ClN5O2. The molecule has 0 saturated carbocycles. The van der Waals surface area contributed by atoms with Gasteiger partial charge >= 0.3 is 6.09 Å². The van der Waals surface area contributed by atoms with Crippen LogP contribution in [0, 0.1) is 0 Å². The molecule has 1 aromatic heterocycles. The van der Waals surface area contributed by atoms with E-state index < -0.39 is 6.09 Å². The number of carbonyl (C=O) groups is 1. The van der Waals surface area contributed by atoms with E-state index in [2.05, 4.69) is 46.2 Å². The number of hydrogen-bond donors (Lipinski definition) is 2. The zero-order valence-electron chi connectivity index (χ0n) is 19.5. The van der Waals surface area contributed by atoms with E-state index in [1.807, 2.05) is 36.6 Å². The summed E-state index contributed by atoms with van der Waals surface area (Å²) in [6.07, 6.45) is 8.80. The van der Waals surface area contributed by atoms with Gasteiger partial charge in [-0.05, 0) is 56.4 Å². The fraction of sp³-hybridized carbons (Fsp3) is 0.320. The van der Waals surface area contributed by atoms with Crippen molar-refractivity contribution in [2.45, 2.75) is 46.7 Å². The summed E-state index contributed by atoms with van der Waals surface area (Å²) in [7, 11) is 0. The Morgan fingerprint density at radius 1 is 1.36 bits per heavy atom. The van der Waals surface area contributed by atoms with Crippen LogP contribution >= 0.6 is 11.6 Å². The molecule has 0 aliphatic heterocycles. The highest BCUT2D eigenvalue weighted by atomic mass is 35.5. The van der Waals surface area contributed by atoms with Crippen molar-refractivity contribution in [1.29, 1.82) is 0 Å². The molecule has 2 aromatic rings. The smallest absolute Gasteiger partial charge is 0.407 e. The maximum atomic E-state index is 12.1. The molecule has 0 aliphatic carbocycles. The lowest BCUT2D eigenvalue weighted by atomic mass is 10.0. The molecule has 0 unspecified atom stereocenters. The first-order chi connectivity index (χ1) is 15.8. The summed E-state index contributed by atoms with van der Waals surface area (Å²) in [5, 5.41) is 3.18. The van der Waals surface area contributed by atoms with Crippen LogP contribution in [0.3, 0.4) is 0 Å². The Labute approximate surface area is 200 Å². The topological polar surface area (TPSA) is 94.5 Å². The SMILES string of the molecule is C=C(N)c1ncn(CCCCOC(=O)NCc2cccc(C(/C=C\C)=C/C)c2)c1/N=C(\C)Cl. The number of nitrogens with one attached hydrogen (secondary N) is 1. The minimum atomic E-state index is -0.437. The average Bonchev–Trinajstić information content (AvgIpc) is 3.18. The highest BCUT2D eigenvalue weighted by Gasteiger charge is 2.12. The Balaban J connectivity index is 1.78. The molecule has 0 saturated heterocycles. The molecular weight excluding hydrogens is 438 g/mol. The number of halogens is 1. The predicted octanol–water partition coefficient (Wildman–Crippen LogP) is 5.79. The van der Waals surface area contributed by atoms with Gasteiger partial charge in [0.1, 0.15) is 10.9 Å². The van der Waals surface area contributed by atoms with Crippen LogP contribution in [0.15, 0.2) is 60.4 Å². The number of aryl methyl sites for hydroxylation is 1. The summed E-state index contributed by atoms with van der Waals surface area (Å²) in [5.74, 6) is 0.575. The minimum absolute atomic E-state index is 0.314. The summed E-state index contributed by atoms with van der Waals surface area (Å²) >= 11 is 5.92. The number of amides is 1. The van der Waals surface area contributed by atoms with Gasteiger partial charge < -0.3 is 20.4 Å². The van der Waals surface area contributed by atoms with Crippen molar-refractivity contribution < 1.29 is 9.53 Å². The second-order valence-corrected chi connectivity index (χ2v) is 7.93. The van der Waals surface area contributed by atoms with Gasteiger partial charge in [0.2, 0.25) is 0 Å². The van der Waals surface area contributed by atoms with Gasteiger partial charge in [-0.1, -0.05) is 54.6 Å². The standard InChI is InChI=1S/C25H32ClN5O2/c1-5-10-21(6-2)22-12-9-11-20(15-22)16-28-25(32)33-14-8-7-13-31-17-29-23(18(3)27)24(31)30-19(4)26/h5-6,9-12,15,17H,3,7-8,13-14,16,27H2,1-2,4H3,(H,28,32)/b10-5-,21-6+,30-19+. The number of aromatic nitrogens is 2. The number of nitrogens with two attached hydrogens (primary N) is 1. The molecule has 33 heavy (non-hydrogen) atoms. The summed E-state index contributed by atoms with van der Waals surface area (Å²) < 4.78 is 7.16. The normalized spacial score (nSPS) is 12.2. The summed E-state index contributed by atoms with van der Waals surface area (Å²) in [6, 6.07) is 8.07. The lowest BCUT2D eigenvalue weighted by molar-refractivity contribution is 0.143. The van der Waals surface area contributed by atoms with Gasteiger partial charge in [0, 0.05) is 13.1 Å². The molecule has 3 N–H and O–H groups in total. The van der Waals surface area contributed by atoms with Crippen LogP contribution in [-0.4, -0.2) is 27.4 Å². The largest absolute Gasteiger partial charge is 0.450 e. The molecule has 0 aliphatic rings. The number of alkyl carbamates (subject to hydrolysis) is 1. The number of benzene rings is 1. The molecule has 1 amide bonds. The van der Waals surface area contributed by atoms with Crippen molar-refractivity contribution in [2.24, 2.45) is 10.7 Å². The van der Waals surface area contributed by atoms with Crippen molar-refractivity contribution in [3.05, 3.63) is 72.2 Å². The molecule has 0 bridgehead atoms. The van der Waals surface area contributed by atoms with Crippen LogP contribution < -0.4 is 11.1 Å². The predicted molar refractivity (Wildman–Crippen MR) is 136 cm³/mol. The highest BCUT2D eigenvalue weighted by Crippen LogP contribution is 2.23. The van der Waals surface area contributed by atoms with Crippen LogP contribution in [0.1, 0.15) is 50.4 Å². The van der Waals surface area contributed by atoms with Gasteiger partial charge in [-0.15, -0.1) is 0 Å². The van der Waals surface area contributed by atoms with Gasteiger partial charge in [-0.2, -0.15) is 0 Å². The van der Waals surface area contributed by atoms with Crippen molar-refractivity contribution in [1.82, 2.24) is 14.9 Å². The number of allylic oxidation sites excluding steroid dienone is 4. The van der Waals surface area contributed by atoms with Crippen LogP contribution in [-0.2, 0) is 17.8 Å². The Bertz CT molecular complexity index is 1050. The first-order valence-electron chi connectivity index (χ1n) is 10.8. The molecule has 0 radical (unpaired) electrons. The molecule has 176 valence electrons. The second kappa shape index (κ2) is 13.3. The molecule has 0 atom stereocenters. The summed E-state index contributed by atoms with van der Waals surface area (Å²) in [4.78, 5) is 20.6. The van der Waals surface area contributed by atoms with Crippen LogP contribution in [0.2, 0.25) is 0 Å². The molecule has 1 aromatic carbocycles. The lowest BCUT2D eigenvalue weighted by Crippen LogP contribution is -2.24. The Morgan fingerprint density at radius 3 is 2.82 bits per heavy atom. The fourth-order valence-corrected chi connectivity index (χ4v) is 3.28. The second-order valence-electron chi connectivity index (χ2n) is 7.39. The summed E-state index contributed by atoms with van der Waals surface area (Å²) in [6.45, 7) is 10.8. The number of imidazole rings is 1. The van der Waals surface area contributed by atoms with Crippen molar-refractivity contribution in [3.8, 4) is 0 Å². The van der Waals surface area contributed by atoms with Gasteiger partial charge in [-0.25, -0.2) is 14.8 Å². The summed E-state index contributed by atoms with van der Waals surface area (Å²) in [5.41, 5.74) is 9.88. The maximum absolute atomic E-state index is 12.1. The van der Waals surface area contributed by atoms with E-state index in [4.69, 9.17) is 22.1 Å². The number of carbonyl (C=O) groups excluding carboxylic acids is 1. The zero-order chi connectivity index (χ0) is 24.2. The van der Waals surface area contributed by atoms with Crippen molar-refractivity contribution >= 4 is 40.0 Å². The van der Waals surface area contributed by atoms with E-state index in [-0.39, 0.29) is 0 Å². The third-order valence-corrected chi connectivity index (χ3v) is 4.84. The number of hydrogen-bond acceptors (Lipinski definition) is 5. The molecule has 7 nitrogen and oxygen atoms in total. The first kappa shape index (κ1) is 25.9. The molecule has 0 fully saturated rings. The Morgan fingerprint density at radius 2 is 2.15 bits per heavy atom. The highest BCUT2D eigenvalue weighted by molar-refractivity contribution is 6.65. The van der Waals surface area contributed by atoms with Gasteiger partial charge in [0.15, 0.2) is 5.82 Å². The van der Waals surface area contributed by atoms with Crippen LogP contribution in [0.25, 0.3) is 11.3 Å². The number of ether oxygens (including phenoxy) is 1. The number of rotatable bonds is 11. The monoisotopic (exact) mass is 469 g/mol. The van der Waals surface area contributed by atoms with Crippen molar-refractivity contribution in [3.63, 3.8) is 0 Å². The zero-order valence-corrected chi connectivity index (χ0v) is 20.2. The third kappa shape index (κ3) is 8.27. The van der Waals surface area contributed by atoms with Crippen molar-refractivity contribution in [2.75, 3.05) is 6.61 Å². The van der Waals surface area contributed by atoms with E-state index in [1.54, 1.807) is 13.3 Å². The Hall–Kier alpha value is -3.32.